The lowest BCUT2D eigenvalue weighted by Gasteiger charge is -2.12. The number of benzene rings is 2. The molecule has 0 atom stereocenters. The first kappa shape index (κ1) is 20.2. The highest BCUT2D eigenvalue weighted by atomic mass is 32.2. The molecule has 2 aromatic carbocycles. The Balaban J connectivity index is 2.03. The fraction of sp³-hybridized carbons (Fsp3) is 0.294. The molecule has 0 unspecified atom stereocenters. The highest BCUT2D eigenvalue weighted by Gasteiger charge is 2.17. The number of nitrogens with zero attached hydrogens (tertiary/aromatic N) is 1. The Hall–Kier alpha value is -2.10. The molecule has 0 saturated carbocycles. The standard InChI is InChI=1S/C17H22N2O5S2/c1-19(2)26(22,23)17-9-7-14(8-10-17)11-12-25(20,21)18-15-5-4-6-16(13-15)24-3/h4-10,13,18H,11-12H2,1-3H3. The van der Waals surface area contributed by atoms with Gasteiger partial charge in [-0.2, -0.15) is 0 Å². The molecule has 0 saturated heterocycles. The first-order valence-electron chi connectivity index (χ1n) is 7.80. The molecule has 0 spiro atoms. The largest absolute Gasteiger partial charge is 0.497 e. The first-order chi connectivity index (χ1) is 12.1. The van der Waals surface area contributed by atoms with Crippen LogP contribution in [0.25, 0.3) is 0 Å². The lowest BCUT2D eigenvalue weighted by Crippen LogP contribution is -2.22. The van der Waals surface area contributed by atoms with Crippen LogP contribution in [0.15, 0.2) is 53.4 Å². The van der Waals surface area contributed by atoms with E-state index < -0.39 is 20.0 Å². The van der Waals surface area contributed by atoms with Crippen molar-refractivity contribution in [1.29, 1.82) is 0 Å². The predicted molar refractivity (Wildman–Crippen MR) is 101 cm³/mol. The van der Waals surface area contributed by atoms with E-state index in [2.05, 4.69) is 4.72 Å². The molecule has 2 aromatic rings. The lowest BCUT2D eigenvalue weighted by atomic mass is 10.2. The molecule has 0 aliphatic carbocycles. The van der Waals surface area contributed by atoms with E-state index in [9.17, 15) is 16.8 Å². The van der Waals surface area contributed by atoms with Gasteiger partial charge < -0.3 is 4.74 Å². The van der Waals surface area contributed by atoms with Crippen LogP contribution >= 0.6 is 0 Å². The monoisotopic (exact) mass is 398 g/mol. The summed E-state index contributed by atoms with van der Waals surface area (Å²) in [7, 11) is -2.61. The zero-order valence-electron chi connectivity index (χ0n) is 14.8. The third kappa shape index (κ3) is 5.20. The van der Waals surface area contributed by atoms with E-state index in [1.165, 1.54) is 33.3 Å². The summed E-state index contributed by atoms with van der Waals surface area (Å²) in [5.74, 6) is 0.437. The lowest BCUT2D eigenvalue weighted by molar-refractivity contribution is 0.415. The molecular formula is C17H22N2O5S2. The van der Waals surface area contributed by atoms with Gasteiger partial charge in [0.05, 0.1) is 23.4 Å². The highest BCUT2D eigenvalue weighted by molar-refractivity contribution is 7.92. The molecule has 0 aliphatic rings. The molecular weight excluding hydrogens is 376 g/mol. The average Bonchev–Trinajstić information content (AvgIpc) is 2.60. The summed E-state index contributed by atoms with van der Waals surface area (Å²) in [6, 6.07) is 12.9. The Morgan fingerprint density at radius 1 is 1.00 bits per heavy atom. The van der Waals surface area contributed by atoms with E-state index in [4.69, 9.17) is 4.74 Å². The molecule has 0 aliphatic heterocycles. The predicted octanol–water partition coefficient (Wildman–Crippen LogP) is 1.93. The number of nitrogens with one attached hydrogen (secondary N) is 1. The molecule has 0 aromatic heterocycles. The first-order valence-corrected chi connectivity index (χ1v) is 10.9. The number of rotatable bonds is 8. The van der Waals surface area contributed by atoms with Crippen molar-refractivity contribution < 1.29 is 21.6 Å². The van der Waals surface area contributed by atoms with Crippen LogP contribution in [-0.2, 0) is 26.5 Å². The van der Waals surface area contributed by atoms with Gasteiger partial charge in [-0.15, -0.1) is 0 Å². The topological polar surface area (TPSA) is 92.8 Å². The minimum absolute atomic E-state index is 0.121. The quantitative estimate of drug-likeness (QED) is 0.733. The SMILES string of the molecule is COc1cccc(NS(=O)(=O)CCc2ccc(S(=O)(=O)N(C)C)cc2)c1. The minimum atomic E-state index is -3.54. The maximum Gasteiger partial charge on any atom is 0.242 e. The molecule has 0 radical (unpaired) electrons. The van der Waals surface area contributed by atoms with Crippen LogP contribution in [0, 0.1) is 0 Å². The molecule has 26 heavy (non-hydrogen) atoms. The van der Waals surface area contributed by atoms with Crippen LogP contribution in [0.1, 0.15) is 5.56 Å². The third-order valence-corrected chi connectivity index (χ3v) is 6.82. The van der Waals surface area contributed by atoms with Crippen LogP contribution in [-0.4, -0.2) is 48.1 Å². The molecule has 1 N–H and O–H groups in total. The Morgan fingerprint density at radius 3 is 2.23 bits per heavy atom. The van der Waals surface area contributed by atoms with E-state index in [1.54, 1.807) is 36.4 Å². The van der Waals surface area contributed by atoms with Crippen molar-refractivity contribution in [3.63, 3.8) is 0 Å². The zero-order valence-corrected chi connectivity index (χ0v) is 16.5. The second kappa shape index (κ2) is 8.07. The van der Waals surface area contributed by atoms with Gasteiger partial charge in [-0.25, -0.2) is 21.1 Å². The summed E-state index contributed by atoms with van der Waals surface area (Å²) >= 11 is 0. The van der Waals surface area contributed by atoms with E-state index in [1.807, 2.05) is 0 Å². The Morgan fingerprint density at radius 2 is 1.65 bits per heavy atom. The molecule has 7 nitrogen and oxygen atoms in total. The minimum Gasteiger partial charge on any atom is -0.497 e. The maximum absolute atomic E-state index is 12.2. The molecule has 9 heteroatoms. The van der Waals surface area contributed by atoms with Gasteiger partial charge in [0.25, 0.3) is 0 Å². The smallest absolute Gasteiger partial charge is 0.242 e. The van der Waals surface area contributed by atoms with Gasteiger partial charge in [0.15, 0.2) is 0 Å². The fourth-order valence-electron chi connectivity index (χ4n) is 2.21. The molecule has 142 valence electrons. The second-order valence-corrected chi connectivity index (χ2v) is 9.83. The Kier molecular flexibility index (Phi) is 6.27. The van der Waals surface area contributed by atoms with Crippen LogP contribution in [0.3, 0.4) is 0 Å². The molecule has 0 fully saturated rings. The van der Waals surface area contributed by atoms with Crippen molar-refractivity contribution in [3.8, 4) is 5.75 Å². The van der Waals surface area contributed by atoms with Gasteiger partial charge in [-0.3, -0.25) is 4.72 Å². The highest BCUT2D eigenvalue weighted by Crippen LogP contribution is 2.19. The average molecular weight is 399 g/mol. The number of ether oxygens (including phenoxy) is 1. The molecule has 0 bridgehead atoms. The van der Waals surface area contributed by atoms with Gasteiger partial charge in [-0.05, 0) is 36.2 Å². The number of sulfonamides is 2. The fourth-order valence-corrected chi connectivity index (χ4v) is 4.20. The van der Waals surface area contributed by atoms with Crippen LogP contribution in [0.4, 0.5) is 5.69 Å². The summed E-state index contributed by atoms with van der Waals surface area (Å²) in [6.45, 7) is 0. The van der Waals surface area contributed by atoms with E-state index >= 15 is 0 Å². The summed E-state index contributed by atoms with van der Waals surface area (Å²) in [6.07, 6.45) is 0.265. The third-order valence-electron chi connectivity index (χ3n) is 3.70. The number of anilines is 1. The number of hydrogen-bond acceptors (Lipinski definition) is 5. The Bertz CT molecular complexity index is 953. The molecule has 0 amide bonds. The van der Waals surface area contributed by atoms with Gasteiger partial charge in [-0.1, -0.05) is 18.2 Å². The Labute approximate surface area is 154 Å². The van der Waals surface area contributed by atoms with Gasteiger partial charge in [0.1, 0.15) is 5.75 Å². The normalized spacial score (nSPS) is 12.2. The van der Waals surface area contributed by atoms with Gasteiger partial charge in [0, 0.05) is 20.2 Å². The summed E-state index contributed by atoms with van der Waals surface area (Å²) < 4.78 is 57.2. The van der Waals surface area contributed by atoms with Crippen molar-refractivity contribution in [2.75, 3.05) is 31.7 Å². The van der Waals surface area contributed by atoms with E-state index in [0.717, 1.165) is 9.87 Å². The summed E-state index contributed by atoms with van der Waals surface area (Å²) in [4.78, 5) is 0.170. The molecule has 0 heterocycles. The van der Waals surface area contributed by atoms with Crippen LogP contribution in [0.5, 0.6) is 5.75 Å². The number of methoxy groups -OCH3 is 1. The summed E-state index contributed by atoms with van der Waals surface area (Å²) in [5, 5.41) is 0. The summed E-state index contributed by atoms with van der Waals surface area (Å²) in [5.41, 5.74) is 1.16. The van der Waals surface area contributed by atoms with Crippen LogP contribution in [0.2, 0.25) is 0 Å². The van der Waals surface area contributed by atoms with Gasteiger partial charge in [0.2, 0.25) is 20.0 Å². The van der Waals surface area contributed by atoms with Crippen LogP contribution < -0.4 is 9.46 Å². The van der Waals surface area contributed by atoms with E-state index in [0.29, 0.717) is 11.4 Å². The maximum atomic E-state index is 12.2. The van der Waals surface area contributed by atoms with Gasteiger partial charge >= 0.3 is 0 Å². The van der Waals surface area contributed by atoms with Crippen molar-refractivity contribution in [2.45, 2.75) is 11.3 Å². The van der Waals surface area contributed by atoms with Crippen molar-refractivity contribution in [2.24, 2.45) is 0 Å². The van der Waals surface area contributed by atoms with Crippen molar-refractivity contribution in [1.82, 2.24) is 4.31 Å². The number of aryl methyl sites for hydroxylation is 1. The van der Waals surface area contributed by atoms with Crippen molar-refractivity contribution >= 4 is 25.7 Å². The second-order valence-electron chi connectivity index (χ2n) is 5.83. The van der Waals surface area contributed by atoms with Crippen molar-refractivity contribution in [3.05, 3.63) is 54.1 Å². The number of hydrogen-bond donors (Lipinski definition) is 1. The molecule has 2 rings (SSSR count). The van der Waals surface area contributed by atoms with E-state index in [-0.39, 0.29) is 17.1 Å². The zero-order chi connectivity index (χ0) is 19.4.